The van der Waals surface area contributed by atoms with Gasteiger partial charge in [-0.2, -0.15) is 0 Å². The number of amides is 1. The quantitative estimate of drug-likeness (QED) is 0.706. The van der Waals surface area contributed by atoms with Gasteiger partial charge in [-0.15, -0.1) is 5.10 Å². The predicted octanol–water partition coefficient (Wildman–Crippen LogP) is -0.189. The van der Waals surface area contributed by atoms with E-state index in [1.807, 2.05) is 12.2 Å². The lowest BCUT2D eigenvalue weighted by Gasteiger charge is -2.09. The molecule has 1 amide bonds. The van der Waals surface area contributed by atoms with Crippen molar-refractivity contribution in [2.24, 2.45) is 0 Å². The van der Waals surface area contributed by atoms with E-state index in [0.29, 0.717) is 0 Å². The van der Waals surface area contributed by atoms with Crippen molar-refractivity contribution in [3.8, 4) is 0 Å². The molecular weight excluding hydrogens is 224 g/mol. The van der Waals surface area contributed by atoms with Gasteiger partial charge in [-0.3, -0.25) is 9.59 Å². The fourth-order valence-corrected chi connectivity index (χ4v) is 1.61. The largest absolute Gasteiger partial charge is 0.480 e. The molecule has 0 aliphatic heterocycles. The lowest BCUT2D eigenvalue weighted by Crippen LogP contribution is -2.33. The first-order valence-corrected chi connectivity index (χ1v) is 5.23. The zero-order chi connectivity index (χ0) is 12.3. The van der Waals surface area contributed by atoms with E-state index in [1.54, 1.807) is 0 Å². The van der Waals surface area contributed by atoms with Gasteiger partial charge in [-0.1, -0.05) is 17.4 Å². The molecule has 1 aliphatic rings. The lowest BCUT2D eigenvalue weighted by molar-refractivity contribution is -0.137. The summed E-state index contributed by atoms with van der Waals surface area (Å²) in [7, 11) is 0. The highest BCUT2D eigenvalue weighted by Gasteiger charge is 2.17. The Morgan fingerprint density at radius 1 is 1.47 bits per heavy atom. The summed E-state index contributed by atoms with van der Waals surface area (Å²) in [6.07, 6.45) is 6.97. The van der Waals surface area contributed by atoms with Crippen molar-refractivity contribution >= 4 is 11.9 Å². The number of aliphatic carboxylic acids is 1. The number of carboxylic acid groups (broad SMARTS) is 1. The first-order chi connectivity index (χ1) is 8.15. The zero-order valence-electron chi connectivity index (χ0n) is 9.04. The smallest absolute Gasteiger partial charge is 0.325 e. The Bertz CT molecular complexity index is 458. The van der Waals surface area contributed by atoms with Crippen molar-refractivity contribution < 1.29 is 14.7 Å². The molecule has 0 unspecified atom stereocenters. The third kappa shape index (κ3) is 2.90. The van der Waals surface area contributed by atoms with Gasteiger partial charge in [0.1, 0.15) is 6.54 Å². The molecule has 0 bridgehead atoms. The minimum Gasteiger partial charge on any atom is -0.480 e. The second kappa shape index (κ2) is 4.77. The van der Waals surface area contributed by atoms with Crippen LogP contribution in [0, 0.1) is 0 Å². The third-order valence-electron chi connectivity index (χ3n) is 2.41. The normalized spacial score (nSPS) is 15.1. The SMILES string of the molecule is O=C(O)Cn1cc(C(=O)NC2CC=CC2)nn1. The van der Waals surface area contributed by atoms with Crippen LogP contribution in [0.2, 0.25) is 0 Å². The lowest BCUT2D eigenvalue weighted by atomic mass is 10.2. The molecule has 1 aromatic rings. The van der Waals surface area contributed by atoms with Gasteiger partial charge in [0, 0.05) is 6.04 Å². The van der Waals surface area contributed by atoms with Crippen molar-refractivity contribution in [3.63, 3.8) is 0 Å². The van der Waals surface area contributed by atoms with Crippen LogP contribution in [0.15, 0.2) is 18.3 Å². The summed E-state index contributed by atoms with van der Waals surface area (Å²) in [6.45, 7) is -0.300. The average Bonchev–Trinajstić information content (AvgIpc) is 2.87. The molecule has 2 rings (SSSR count). The summed E-state index contributed by atoms with van der Waals surface area (Å²) in [5.41, 5.74) is 0.137. The second-order valence-electron chi connectivity index (χ2n) is 3.81. The van der Waals surface area contributed by atoms with E-state index in [-0.39, 0.29) is 24.2 Å². The Hall–Kier alpha value is -2.18. The number of hydrogen-bond donors (Lipinski definition) is 2. The Morgan fingerprint density at radius 2 is 2.18 bits per heavy atom. The van der Waals surface area contributed by atoms with Crippen LogP contribution < -0.4 is 5.32 Å². The molecule has 1 aromatic heterocycles. The van der Waals surface area contributed by atoms with Gasteiger partial charge in [-0.05, 0) is 12.8 Å². The summed E-state index contributed by atoms with van der Waals surface area (Å²) in [5, 5.41) is 18.5. The molecule has 0 radical (unpaired) electrons. The average molecular weight is 236 g/mol. The Balaban J connectivity index is 1.94. The van der Waals surface area contributed by atoms with Crippen LogP contribution in [0.1, 0.15) is 23.3 Å². The first kappa shape index (κ1) is 11.3. The molecular formula is C10H12N4O3. The van der Waals surface area contributed by atoms with E-state index in [2.05, 4.69) is 15.6 Å². The van der Waals surface area contributed by atoms with E-state index < -0.39 is 5.97 Å². The molecule has 0 saturated carbocycles. The standard InChI is InChI=1S/C10H12N4O3/c15-9(16)6-14-5-8(12-13-14)10(17)11-7-3-1-2-4-7/h1-2,5,7H,3-4,6H2,(H,11,17)(H,15,16). The summed E-state index contributed by atoms with van der Waals surface area (Å²) in [6, 6.07) is 0.104. The topological polar surface area (TPSA) is 97.1 Å². The molecule has 0 aromatic carbocycles. The molecule has 1 heterocycles. The second-order valence-corrected chi connectivity index (χ2v) is 3.81. The molecule has 0 saturated heterocycles. The minimum atomic E-state index is -1.03. The van der Waals surface area contributed by atoms with Crippen molar-refractivity contribution in [2.75, 3.05) is 0 Å². The van der Waals surface area contributed by atoms with Gasteiger partial charge in [0.05, 0.1) is 6.20 Å². The van der Waals surface area contributed by atoms with E-state index >= 15 is 0 Å². The van der Waals surface area contributed by atoms with Gasteiger partial charge in [0.15, 0.2) is 5.69 Å². The van der Waals surface area contributed by atoms with E-state index in [1.165, 1.54) is 6.20 Å². The van der Waals surface area contributed by atoms with Crippen molar-refractivity contribution in [1.82, 2.24) is 20.3 Å². The highest BCUT2D eigenvalue weighted by atomic mass is 16.4. The minimum absolute atomic E-state index is 0.104. The van der Waals surface area contributed by atoms with E-state index in [0.717, 1.165) is 17.5 Å². The number of carbonyl (C=O) groups excluding carboxylic acids is 1. The van der Waals surface area contributed by atoms with Crippen LogP contribution in [0.25, 0.3) is 0 Å². The molecule has 90 valence electrons. The number of hydrogen-bond acceptors (Lipinski definition) is 4. The van der Waals surface area contributed by atoms with E-state index in [9.17, 15) is 9.59 Å². The van der Waals surface area contributed by atoms with Gasteiger partial charge in [0.2, 0.25) is 0 Å². The van der Waals surface area contributed by atoms with Crippen LogP contribution in [0.3, 0.4) is 0 Å². The number of carboxylic acids is 1. The van der Waals surface area contributed by atoms with Crippen molar-refractivity contribution in [2.45, 2.75) is 25.4 Å². The molecule has 7 nitrogen and oxygen atoms in total. The molecule has 0 atom stereocenters. The number of rotatable bonds is 4. The van der Waals surface area contributed by atoms with Crippen LogP contribution in [-0.2, 0) is 11.3 Å². The highest BCUT2D eigenvalue weighted by Crippen LogP contribution is 2.09. The zero-order valence-corrected chi connectivity index (χ0v) is 9.04. The maximum atomic E-state index is 11.7. The maximum absolute atomic E-state index is 11.7. The van der Waals surface area contributed by atoms with Crippen LogP contribution in [-0.4, -0.2) is 38.0 Å². The molecule has 0 fully saturated rings. The predicted molar refractivity (Wildman–Crippen MR) is 57.3 cm³/mol. The van der Waals surface area contributed by atoms with Crippen molar-refractivity contribution in [3.05, 3.63) is 24.0 Å². The number of carbonyl (C=O) groups is 2. The Labute approximate surface area is 97.1 Å². The van der Waals surface area contributed by atoms with Crippen LogP contribution in [0.4, 0.5) is 0 Å². The van der Waals surface area contributed by atoms with E-state index in [4.69, 9.17) is 5.11 Å². The summed E-state index contributed by atoms with van der Waals surface area (Å²) < 4.78 is 1.12. The first-order valence-electron chi connectivity index (χ1n) is 5.23. The summed E-state index contributed by atoms with van der Waals surface area (Å²) in [5.74, 6) is -1.35. The van der Waals surface area contributed by atoms with Gasteiger partial charge < -0.3 is 10.4 Å². The number of nitrogens with one attached hydrogen (secondary N) is 1. The van der Waals surface area contributed by atoms with Gasteiger partial charge in [-0.25, -0.2) is 4.68 Å². The van der Waals surface area contributed by atoms with Crippen molar-refractivity contribution in [1.29, 1.82) is 0 Å². The number of aromatic nitrogens is 3. The molecule has 1 aliphatic carbocycles. The maximum Gasteiger partial charge on any atom is 0.325 e. The number of nitrogens with zero attached hydrogens (tertiary/aromatic N) is 3. The van der Waals surface area contributed by atoms with Gasteiger partial charge >= 0.3 is 5.97 Å². The molecule has 0 spiro atoms. The fraction of sp³-hybridized carbons (Fsp3) is 0.400. The van der Waals surface area contributed by atoms with Crippen LogP contribution >= 0.6 is 0 Å². The van der Waals surface area contributed by atoms with Crippen LogP contribution in [0.5, 0.6) is 0 Å². The summed E-state index contributed by atoms with van der Waals surface area (Å²) in [4.78, 5) is 22.1. The monoisotopic (exact) mass is 236 g/mol. The Kier molecular flexibility index (Phi) is 3.17. The highest BCUT2D eigenvalue weighted by molar-refractivity contribution is 5.92. The van der Waals surface area contributed by atoms with Gasteiger partial charge in [0.25, 0.3) is 5.91 Å². The molecule has 2 N–H and O–H groups in total. The third-order valence-corrected chi connectivity index (χ3v) is 2.41. The Morgan fingerprint density at radius 3 is 2.82 bits per heavy atom. The summed E-state index contributed by atoms with van der Waals surface area (Å²) >= 11 is 0. The molecule has 17 heavy (non-hydrogen) atoms. The fourth-order valence-electron chi connectivity index (χ4n) is 1.61. The molecule has 7 heteroatoms.